The van der Waals surface area contributed by atoms with Crippen molar-refractivity contribution < 1.29 is 8.42 Å². The van der Waals surface area contributed by atoms with Gasteiger partial charge >= 0.3 is 5.69 Å². The van der Waals surface area contributed by atoms with Crippen LogP contribution >= 0.6 is 0 Å². The number of aromatic nitrogens is 2. The summed E-state index contributed by atoms with van der Waals surface area (Å²) in [7, 11) is -3.78. The number of benzene rings is 2. The highest BCUT2D eigenvalue weighted by molar-refractivity contribution is 7.92. The lowest BCUT2D eigenvalue weighted by Crippen LogP contribution is -2.29. The van der Waals surface area contributed by atoms with Gasteiger partial charge in [-0.15, -0.1) is 0 Å². The minimum atomic E-state index is -3.78. The van der Waals surface area contributed by atoms with Gasteiger partial charge in [0, 0.05) is 6.54 Å². The molecule has 2 aromatic carbocycles. The van der Waals surface area contributed by atoms with Gasteiger partial charge in [-0.1, -0.05) is 18.2 Å². The third-order valence-corrected chi connectivity index (χ3v) is 5.95. The van der Waals surface area contributed by atoms with Gasteiger partial charge in [0.25, 0.3) is 15.6 Å². The molecule has 0 spiro atoms. The molecule has 0 radical (unpaired) electrons. The number of nitrogens with one attached hydrogen (secondary N) is 2. The largest absolute Gasteiger partial charge is 0.326 e. The van der Waals surface area contributed by atoms with Crippen LogP contribution in [0.3, 0.4) is 0 Å². The van der Waals surface area contributed by atoms with Crippen molar-refractivity contribution in [3.63, 3.8) is 0 Å². The molecule has 8 heteroatoms. The minimum absolute atomic E-state index is 0.0178. The van der Waals surface area contributed by atoms with Crippen LogP contribution in [0, 0.1) is 0 Å². The van der Waals surface area contributed by atoms with Crippen molar-refractivity contribution in [1.82, 2.24) is 9.97 Å². The maximum Gasteiger partial charge on any atom is 0.326 e. The zero-order valence-corrected chi connectivity index (χ0v) is 13.3. The van der Waals surface area contributed by atoms with Gasteiger partial charge in [-0.2, -0.15) is 0 Å². The van der Waals surface area contributed by atoms with Crippen LogP contribution < -0.4 is 15.6 Å². The lowest BCUT2D eigenvalue weighted by molar-refractivity contribution is 0.592. The summed E-state index contributed by atoms with van der Waals surface area (Å²) in [5.74, 6) is 0. The van der Waals surface area contributed by atoms with Gasteiger partial charge in [0.1, 0.15) is 0 Å². The fourth-order valence-corrected chi connectivity index (χ4v) is 4.52. The molecule has 4 rings (SSSR count). The summed E-state index contributed by atoms with van der Waals surface area (Å²) in [5.41, 5.74) is 0.686. The van der Waals surface area contributed by atoms with Gasteiger partial charge in [0.05, 0.1) is 21.5 Å². The van der Waals surface area contributed by atoms with E-state index in [2.05, 4.69) is 9.97 Å². The van der Waals surface area contributed by atoms with E-state index in [1.54, 1.807) is 12.1 Å². The van der Waals surface area contributed by atoms with E-state index in [-0.39, 0.29) is 10.3 Å². The van der Waals surface area contributed by atoms with Gasteiger partial charge in [-0.05, 0) is 36.2 Å². The average molecular weight is 343 g/mol. The van der Waals surface area contributed by atoms with E-state index in [1.807, 2.05) is 12.1 Å². The first-order chi connectivity index (χ1) is 11.5. The highest BCUT2D eigenvalue weighted by Crippen LogP contribution is 2.32. The van der Waals surface area contributed by atoms with Gasteiger partial charge < -0.3 is 4.98 Å². The van der Waals surface area contributed by atoms with Gasteiger partial charge in [-0.25, -0.2) is 13.2 Å². The molecule has 2 heterocycles. The van der Waals surface area contributed by atoms with E-state index in [0.717, 1.165) is 5.56 Å². The van der Waals surface area contributed by atoms with E-state index in [0.29, 0.717) is 24.2 Å². The Bertz CT molecular complexity index is 1180. The maximum absolute atomic E-state index is 13.0. The standard InChI is InChI=1S/C16H13N3O4S/c20-15-12-9-11(5-6-13(12)17-16(21)18-15)24(22,23)19-8-7-10-3-1-2-4-14(10)19/h1-6,9H,7-8H2,(H2,17,18,20,21). The zero-order chi connectivity index (χ0) is 16.9. The van der Waals surface area contributed by atoms with Crippen LogP contribution in [0.5, 0.6) is 0 Å². The first-order valence-electron chi connectivity index (χ1n) is 7.34. The van der Waals surface area contributed by atoms with Gasteiger partial charge in [-0.3, -0.25) is 14.1 Å². The van der Waals surface area contributed by atoms with Crippen LogP contribution in [0.1, 0.15) is 5.56 Å². The van der Waals surface area contributed by atoms with Gasteiger partial charge in [0.2, 0.25) is 0 Å². The quantitative estimate of drug-likeness (QED) is 0.723. The molecule has 3 aromatic rings. The Morgan fingerprint density at radius 1 is 1.00 bits per heavy atom. The summed E-state index contributed by atoms with van der Waals surface area (Å²) >= 11 is 0. The first-order valence-corrected chi connectivity index (χ1v) is 8.78. The van der Waals surface area contributed by atoms with Crippen LogP contribution in [0.25, 0.3) is 10.9 Å². The molecule has 0 amide bonds. The lowest BCUT2D eigenvalue weighted by atomic mass is 10.2. The molecule has 0 fully saturated rings. The highest BCUT2D eigenvalue weighted by atomic mass is 32.2. The molecule has 1 aromatic heterocycles. The van der Waals surface area contributed by atoms with Crippen molar-refractivity contribution in [3.05, 3.63) is 68.9 Å². The second kappa shape index (κ2) is 5.07. The summed E-state index contributed by atoms with van der Waals surface area (Å²) in [6.45, 7) is 0.363. The van der Waals surface area contributed by atoms with Crippen molar-refractivity contribution >= 4 is 26.6 Å². The first kappa shape index (κ1) is 14.7. The Labute approximate surface area is 136 Å². The number of hydrogen-bond acceptors (Lipinski definition) is 4. The molecule has 1 aliphatic heterocycles. The fourth-order valence-electron chi connectivity index (χ4n) is 2.99. The summed E-state index contributed by atoms with van der Waals surface area (Å²) in [4.78, 5) is 27.8. The summed E-state index contributed by atoms with van der Waals surface area (Å²) in [5, 5.41) is 0.128. The summed E-state index contributed by atoms with van der Waals surface area (Å²) < 4.78 is 27.3. The van der Waals surface area contributed by atoms with Crippen molar-refractivity contribution in [3.8, 4) is 0 Å². The predicted molar refractivity (Wildman–Crippen MR) is 89.9 cm³/mol. The Balaban J connectivity index is 1.88. The molecule has 7 nitrogen and oxygen atoms in total. The van der Waals surface area contributed by atoms with Crippen LogP contribution in [-0.2, 0) is 16.4 Å². The van der Waals surface area contributed by atoms with E-state index in [1.165, 1.54) is 22.5 Å². The molecule has 0 aliphatic carbocycles. The molecule has 0 unspecified atom stereocenters. The van der Waals surface area contributed by atoms with Crippen LogP contribution in [0.15, 0.2) is 56.9 Å². The third-order valence-electron chi connectivity index (χ3n) is 4.14. The van der Waals surface area contributed by atoms with Crippen molar-refractivity contribution in [1.29, 1.82) is 0 Å². The number of anilines is 1. The number of aromatic amines is 2. The lowest BCUT2D eigenvalue weighted by Gasteiger charge is -2.19. The normalized spacial score (nSPS) is 14.1. The molecule has 0 bridgehead atoms. The monoisotopic (exact) mass is 343 g/mol. The molecule has 0 saturated heterocycles. The molecule has 1 aliphatic rings. The van der Waals surface area contributed by atoms with Crippen LogP contribution in [0.2, 0.25) is 0 Å². The Kier molecular flexibility index (Phi) is 3.10. The third kappa shape index (κ3) is 2.15. The topological polar surface area (TPSA) is 103 Å². The summed E-state index contributed by atoms with van der Waals surface area (Å²) in [6.07, 6.45) is 0.650. The maximum atomic E-state index is 13.0. The Morgan fingerprint density at radius 3 is 2.62 bits per heavy atom. The molecule has 2 N–H and O–H groups in total. The number of nitrogens with zero attached hydrogens (tertiary/aromatic N) is 1. The molecule has 0 saturated carbocycles. The predicted octanol–water partition coefficient (Wildman–Crippen LogP) is 0.968. The fraction of sp³-hybridized carbons (Fsp3) is 0.125. The summed E-state index contributed by atoms with van der Waals surface area (Å²) in [6, 6.07) is 11.5. The van der Waals surface area contributed by atoms with Crippen molar-refractivity contribution in [2.45, 2.75) is 11.3 Å². The minimum Gasteiger partial charge on any atom is -0.307 e. The van der Waals surface area contributed by atoms with Crippen LogP contribution in [-0.4, -0.2) is 24.9 Å². The van der Waals surface area contributed by atoms with Crippen molar-refractivity contribution in [2.24, 2.45) is 0 Å². The average Bonchev–Trinajstić information content (AvgIpc) is 2.99. The number of fused-ring (bicyclic) bond motifs is 2. The number of rotatable bonds is 2. The van der Waals surface area contributed by atoms with Gasteiger partial charge in [0.15, 0.2) is 0 Å². The molecule has 122 valence electrons. The molecule has 0 atom stereocenters. The Hall–Kier alpha value is -2.87. The second-order valence-electron chi connectivity index (χ2n) is 5.57. The second-order valence-corrected chi connectivity index (χ2v) is 7.43. The van der Waals surface area contributed by atoms with E-state index in [4.69, 9.17) is 0 Å². The zero-order valence-electron chi connectivity index (χ0n) is 12.4. The van der Waals surface area contributed by atoms with Crippen molar-refractivity contribution in [2.75, 3.05) is 10.8 Å². The van der Waals surface area contributed by atoms with E-state index < -0.39 is 21.3 Å². The molecular formula is C16H13N3O4S. The van der Waals surface area contributed by atoms with Crippen LogP contribution in [0.4, 0.5) is 5.69 Å². The molecular weight excluding hydrogens is 330 g/mol. The number of sulfonamides is 1. The smallest absolute Gasteiger partial charge is 0.307 e. The highest BCUT2D eigenvalue weighted by Gasteiger charge is 2.30. The number of hydrogen-bond donors (Lipinski definition) is 2. The number of para-hydroxylation sites is 1. The van der Waals surface area contributed by atoms with E-state index >= 15 is 0 Å². The molecule has 24 heavy (non-hydrogen) atoms. The number of H-pyrrole nitrogens is 2. The van der Waals surface area contributed by atoms with E-state index in [9.17, 15) is 18.0 Å². The Morgan fingerprint density at radius 2 is 1.79 bits per heavy atom. The SMILES string of the molecule is O=c1[nH]c(=O)c2cc(S(=O)(=O)N3CCc4ccccc43)ccc2[nH]1.